The number of nitrogens with one attached hydrogen (secondary N) is 1. The molecule has 0 aliphatic carbocycles. The van der Waals surface area contributed by atoms with Crippen LogP contribution >= 0.6 is 11.6 Å². The second kappa shape index (κ2) is 4.54. The summed E-state index contributed by atoms with van der Waals surface area (Å²) < 4.78 is 1.38. The Morgan fingerprint density at radius 2 is 2.06 bits per heavy atom. The fourth-order valence-electron chi connectivity index (χ4n) is 1.60. The van der Waals surface area contributed by atoms with Crippen molar-refractivity contribution < 1.29 is 9.90 Å². The predicted octanol–water partition coefficient (Wildman–Crippen LogP) is 1.89. The second-order valence-corrected chi connectivity index (χ2v) is 4.12. The highest BCUT2D eigenvalue weighted by Crippen LogP contribution is 2.18. The van der Waals surface area contributed by atoms with Crippen LogP contribution in [0.15, 0.2) is 36.5 Å². The fourth-order valence-corrected chi connectivity index (χ4v) is 1.76. The molecule has 18 heavy (non-hydrogen) atoms. The minimum atomic E-state index is -1.09. The summed E-state index contributed by atoms with van der Waals surface area (Å²) in [5, 5.41) is 17.3. The maximum absolute atomic E-state index is 11.2. The lowest BCUT2D eigenvalue weighted by Crippen LogP contribution is -2.19. The molecule has 0 unspecified atom stereocenters. The highest BCUT2D eigenvalue weighted by atomic mass is 35.5. The van der Waals surface area contributed by atoms with Gasteiger partial charge in [-0.3, -0.25) is 9.98 Å². The summed E-state index contributed by atoms with van der Waals surface area (Å²) in [4.78, 5) is 11.2. The number of nitrogens with two attached hydrogens (primary N) is 1. The van der Waals surface area contributed by atoms with Crippen molar-refractivity contribution in [2.75, 3.05) is 5.73 Å². The van der Waals surface area contributed by atoms with E-state index in [1.807, 2.05) is 0 Å². The Labute approximate surface area is 108 Å². The zero-order valence-corrected chi connectivity index (χ0v) is 9.98. The van der Waals surface area contributed by atoms with Crippen molar-refractivity contribution in [1.82, 2.24) is 4.57 Å². The van der Waals surface area contributed by atoms with Crippen LogP contribution in [0.1, 0.15) is 10.4 Å². The van der Waals surface area contributed by atoms with E-state index in [2.05, 4.69) is 0 Å². The van der Waals surface area contributed by atoms with Crippen LogP contribution in [-0.2, 0) is 0 Å². The SMILES string of the molecule is N=c1ccc(Cl)cn1-c1cc(N)ccc1C(=O)O. The van der Waals surface area contributed by atoms with Crippen LogP contribution in [0.25, 0.3) is 5.69 Å². The Bertz CT molecular complexity index is 679. The molecule has 92 valence electrons. The molecule has 0 bridgehead atoms. The molecule has 0 aliphatic rings. The molecule has 0 amide bonds. The van der Waals surface area contributed by atoms with Gasteiger partial charge in [0.05, 0.1) is 16.3 Å². The van der Waals surface area contributed by atoms with Crippen molar-refractivity contribution in [3.63, 3.8) is 0 Å². The number of carboxylic acids is 1. The number of benzene rings is 1. The largest absolute Gasteiger partial charge is 0.478 e. The first kappa shape index (κ1) is 12.2. The van der Waals surface area contributed by atoms with E-state index in [9.17, 15) is 4.79 Å². The molecule has 6 heteroatoms. The number of anilines is 1. The van der Waals surface area contributed by atoms with Gasteiger partial charge in [0.15, 0.2) is 0 Å². The Morgan fingerprint density at radius 1 is 1.33 bits per heavy atom. The molecule has 4 N–H and O–H groups in total. The Morgan fingerprint density at radius 3 is 2.72 bits per heavy atom. The highest BCUT2D eigenvalue weighted by molar-refractivity contribution is 6.30. The monoisotopic (exact) mass is 263 g/mol. The minimum absolute atomic E-state index is 0.0602. The van der Waals surface area contributed by atoms with Crippen molar-refractivity contribution in [3.8, 4) is 5.69 Å². The average molecular weight is 264 g/mol. The molecule has 5 nitrogen and oxygen atoms in total. The first-order chi connectivity index (χ1) is 8.49. The molecule has 2 aromatic rings. The van der Waals surface area contributed by atoms with Crippen LogP contribution in [0.5, 0.6) is 0 Å². The van der Waals surface area contributed by atoms with Crippen LogP contribution in [-0.4, -0.2) is 15.6 Å². The van der Waals surface area contributed by atoms with Crippen LogP contribution < -0.4 is 11.2 Å². The molecule has 2 rings (SSSR count). The summed E-state index contributed by atoms with van der Waals surface area (Å²) in [6.45, 7) is 0. The molecule has 0 saturated carbocycles. The lowest BCUT2D eigenvalue weighted by molar-refractivity contribution is 0.0697. The van der Waals surface area contributed by atoms with Gasteiger partial charge in [-0.2, -0.15) is 0 Å². The van der Waals surface area contributed by atoms with Crippen molar-refractivity contribution in [3.05, 3.63) is 52.6 Å². The first-order valence-corrected chi connectivity index (χ1v) is 5.43. The molecule has 1 aromatic heterocycles. The van der Waals surface area contributed by atoms with Gasteiger partial charge in [-0.05, 0) is 30.3 Å². The third-order valence-electron chi connectivity index (χ3n) is 2.42. The van der Waals surface area contributed by atoms with Crippen molar-refractivity contribution in [1.29, 1.82) is 5.41 Å². The molecule has 1 heterocycles. The van der Waals surface area contributed by atoms with Crippen molar-refractivity contribution >= 4 is 23.3 Å². The molecule has 0 aliphatic heterocycles. The normalized spacial score (nSPS) is 10.3. The second-order valence-electron chi connectivity index (χ2n) is 3.68. The third-order valence-corrected chi connectivity index (χ3v) is 2.65. The van der Waals surface area contributed by atoms with E-state index >= 15 is 0 Å². The first-order valence-electron chi connectivity index (χ1n) is 5.05. The summed E-state index contributed by atoms with van der Waals surface area (Å²) in [6.07, 6.45) is 1.48. The Kier molecular flexibility index (Phi) is 3.08. The number of pyridine rings is 1. The molecule has 0 spiro atoms. The fraction of sp³-hybridized carbons (Fsp3) is 0. The third kappa shape index (κ3) is 2.21. The van der Waals surface area contributed by atoms with Gasteiger partial charge in [0, 0.05) is 11.9 Å². The predicted molar refractivity (Wildman–Crippen MR) is 68.0 cm³/mol. The van der Waals surface area contributed by atoms with Crippen LogP contribution in [0.2, 0.25) is 5.02 Å². The zero-order chi connectivity index (χ0) is 13.3. The summed E-state index contributed by atoms with van der Waals surface area (Å²) >= 11 is 5.86. The number of aromatic carboxylic acids is 1. The molecular formula is C12H10ClN3O2. The molecule has 0 atom stereocenters. The number of carbonyl (C=O) groups is 1. The van der Waals surface area contributed by atoms with E-state index in [1.165, 1.54) is 35.0 Å². The lowest BCUT2D eigenvalue weighted by Gasteiger charge is -2.11. The van der Waals surface area contributed by atoms with Crippen LogP contribution in [0.4, 0.5) is 5.69 Å². The summed E-state index contributed by atoms with van der Waals surface area (Å²) in [5.74, 6) is -1.09. The Hall–Kier alpha value is -2.27. The maximum Gasteiger partial charge on any atom is 0.337 e. The van der Waals surface area contributed by atoms with Gasteiger partial charge < -0.3 is 10.8 Å². The quantitative estimate of drug-likeness (QED) is 0.723. The number of halogens is 1. The van der Waals surface area contributed by atoms with E-state index in [-0.39, 0.29) is 11.1 Å². The number of hydrogen-bond acceptors (Lipinski definition) is 3. The lowest BCUT2D eigenvalue weighted by atomic mass is 10.1. The molecule has 1 aromatic carbocycles. The average Bonchev–Trinajstić information content (AvgIpc) is 2.31. The van der Waals surface area contributed by atoms with E-state index in [1.54, 1.807) is 6.07 Å². The topological polar surface area (TPSA) is 92.1 Å². The van der Waals surface area contributed by atoms with Crippen molar-refractivity contribution in [2.45, 2.75) is 0 Å². The molecule has 0 radical (unpaired) electrons. The number of rotatable bonds is 2. The smallest absolute Gasteiger partial charge is 0.337 e. The molecule has 0 saturated heterocycles. The van der Waals surface area contributed by atoms with Crippen molar-refractivity contribution in [2.24, 2.45) is 0 Å². The van der Waals surface area contributed by atoms with Gasteiger partial charge in [-0.15, -0.1) is 0 Å². The van der Waals surface area contributed by atoms with Gasteiger partial charge in [0.1, 0.15) is 5.49 Å². The maximum atomic E-state index is 11.2. The summed E-state index contributed by atoms with van der Waals surface area (Å²) in [5.41, 5.74) is 6.56. The van der Waals surface area contributed by atoms with Gasteiger partial charge in [-0.1, -0.05) is 11.6 Å². The van der Waals surface area contributed by atoms with E-state index in [4.69, 9.17) is 27.9 Å². The van der Waals surface area contributed by atoms with Gasteiger partial charge in [-0.25, -0.2) is 4.79 Å². The minimum Gasteiger partial charge on any atom is -0.478 e. The van der Waals surface area contributed by atoms with Gasteiger partial charge in [0.25, 0.3) is 0 Å². The zero-order valence-electron chi connectivity index (χ0n) is 9.22. The van der Waals surface area contributed by atoms with Crippen LogP contribution in [0.3, 0.4) is 0 Å². The number of aromatic nitrogens is 1. The Balaban J connectivity index is 2.77. The number of nitrogen functional groups attached to an aromatic ring is 1. The summed E-state index contributed by atoms with van der Waals surface area (Å²) in [6, 6.07) is 7.45. The van der Waals surface area contributed by atoms with Gasteiger partial charge >= 0.3 is 5.97 Å². The molecule has 0 fully saturated rings. The van der Waals surface area contributed by atoms with E-state index in [0.717, 1.165) is 0 Å². The standard InChI is InChI=1S/C12H10ClN3O2/c13-7-1-4-11(15)16(6-7)10-5-8(14)2-3-9(10)12(17)18/h1-6,15H,14H2,(H,17,18). The highest BCUT2D eigenvalue weighted by Gasteiger charge is 2.12. The van der Waals surface area contributed by atoms with Gasteiger partial charge in [0.2, 0.25) is 0 Å². The number of carboxylic acid groups (broad SMARTS) is 1. The van der Waals surface area contributed by atoms with E-state index in [0.29, 0.717) is 16.4 Å². The number of hydrogen-bond donors (Lipinski definition) is 3. The van der Waals surface area contributed by atoms with E-state index < -0.39 is 5.97 Å². The van der Waals surface area contributed by atoms with Crippen LogP contribution in [0, 0.1) is 5.41 Å². The molecular weight excluding hydrogens is 254 g/mol. The summed E-state index contributed by atoms with van der Waals surface area (Å²) in [7, 11) is 0. The number of nitrogens with zero attached hydrogens (tertiary/aromatic N) is 1.